The van der Waals surface area contributed by atoms with Gasteiger partial charge in [0.05, 0.1) is 6.10 Å². The van der Waals surface area contributed by atoms with Crippen LogP contribution in [0, 0.1) is 0 Å². The Morgan fingerprint density at radius 2 is 1.70 bits per heavy atom. The predicted molar refractivity (Wildman–Crippen MR) is 90.0 cm³/mol. The lowest BCUT2D eigenvalue weighted by Crippen LogP contribution is -2.21. The largest absolute Gasteiger partial charge is 0.388 e. The Kier molecular flexibility index (Phi) is 5.64. The summed E-state index contributed by atoms with van der Waals surface area (Å²) in [5, 5.41) is 11.3. The van der Waals surface area contributed by atoms with Crippen molar-refractivity contribution in [2.45, 2.75) is 12.0 Å². The lowest BCUT2D eigenvalue weighted by molar-refractivity contribution is 0.146. The van der Waals surface area contributed by atoms with Crippen molar-refractivity contribution in [3.8, 4) is 0 Å². The molecule has 0 spiro atoms. The first-order chi connectivity index (χ1) is 9.54. The Hall–Kier alpha value is -0.390. The zero-order valence-corrected chi connectivity index (χ0v) is 14.5. The molecule has 106 valence electrons. The van der Waals surface area contributed by atoms with Crippen LogP contribution in [0.4, 0.5) is 0 Å². The second-order valence-corrected chi connectivity index (χ2v) is 6.62. The van der Waals surface area contributed by atoms with Gasteiger partial charge in [-0.2, -0.15) is 0 Å². The number of rotatable bonds is 4. The quantitative estimate of drug-likeness (QED) is 0.758. The molecule has 2 aromatic carbocycles. The standard InChI is InChI=1S/C15H14Br2ClNO/c16-13-4-2-1-3-10(13)12(8-19)15(20)11-7-9(18)5-6-14(11)17/h1-7,12,15,20H,8,19H2. The maximum absolute atomic E-state index is 10.7. The molecule has 0 aromatic heterocycles. The summed E-state index contributed by atoms with van der Waals surface area (Å²) < 4.78 is 1.76. The van der Waals surface area contributed by atoms with Crippen LogP contribution in [0.3, 0.4) is 0 Å². The second-order valence-electron chi connectivity index (χ2n) is 4.47. The fourth-order valence-corrected chi connectivity index (χ4v) is 3.40. The summed E-state index contributed by atoms with van der Waals surface area (Å²) in [6.45, 7) is 0.336. The monoisotopic (exact) mass is 417 g/mol. The van der Waals surface area contributed by atoms with E-state index in [0.29, 0.717) is 11.6 Å². The van der Waals surface area contributed by atoms with Crippen LogP contribution < -0.4 is 5.73 Å². The van der Waals surface area contributed by atoms with E-state index >= 15 is 0 Å². The molecule has 0 aliphatic rings. The smallest absolute Gasteiger partial charge is 0.0882 e. The fraction of sp³-hybridized carbons (Fsp3) is 0.200. The number of hydrogen-bond donors (Lipinski definition) is 2. The van der Waals surface area contributed by atoms with Crippen LogP contribution in [0.25, 0.3) is 0 Å². The van der Waals surface area contributed by atoms with Crippen LogP contribution in [0.15, 0.2) is 51.4 Å². The molecule has 20 heavy (non-hydrogen) atoms. The van der Waals surface area contributed by atoms with Gasteiger partial charge < -0.3 is 10.8 Å². The van der Waals surface area contributed by atoms with E-state index < -0.39 is 6.10 Å². The van der Waals surface area contributed by atoms with Gasteiger partial charge in [0.25, 0.3) is 0 Å². The molecule has 0 bridgehead atoms. The maximum Gasteiger partial charge on any atom is 0.0882 e. The Morgan fingerprint density at radius 1 is 1.05 bits per heavy atom. The molecule has 2 unspecified atom stereocenters. The van der Waals surface area contributed by atoms with Gasteiger partial charge in [-0.1, -0.05) is 61.7 Å². The zero-order valence-electron chi connectivity index (χ0n) is 10.6. The van der Waals surface area contributed by atoms with Gasteiger partial charge in [0.15, 0.2) is 0 Å². The number of aliphatic hydroxyl groups excluding tert-OH is 1. The van der Waals surface area contributed by atoms with E-state index in [2.05, 4.69) is 31.9 Å². The molecule has 2 atom stereocenters. The minimum Gasteiger partial charge on any atom is -0.388 e. The van der Waals surface area contributed by atoms with E-state index in [1.165, 1.54) is 0 Å². The minimum atomic E-state index is -0.730. The SMILES string of the molecule is NCC(c1ccccc1Br)C(O)c1cc(Cl)ccc1Br. The zero-order chi connectivity index (χ0) is 14.7. The molecule has 0 fully saturated rings. The summed E-state index contributed by atoms with van der Waals surface area (Å²) >= 11 is 13.0. The Balaban J connectivity index is 2.41. The van der Waals surface area contributed by atoms with E-state index in [4.69, 9.17) is 17.3 Å². The molecule has 3 N–H and O–H groups in total. The van der Waals surface area contributed by atoms with Crippen molar-refractivity contribution in [2.24, 2.45) is 5.73 Å². The molecule has 2 rings (SSSR count). The highest BCUT2D eigenvalue weighted by molar-refractivity contribution is 9.10. The Morgan fingerprint density at radius 3 is 2.35 bits per heavy atom. The number of hydrogen-bond acceptors (Lipinski definition) is 2. The Bertz CT molecular complexity index is 606. The highest BCUT2D eigenvalue weighted by Gasteiger charge is 2.25. The van der Waals surface area contributed by atoms with Gasteiger partial charge in [0, 0.05) is 26.4 Å². The first kappa shape index (κ1) is 16.0. The van der Waals surface area contributed by atoms with Gasteiger partial charge >= 0.3 is 0 Å². The molecule has 0 amide bonds. The van der Waals surface area contributed by atoms with Crippen molar-refractivity contribution in [1.82, 2.24) is 0 Å². The van der Waals surface area contributed by atoms with Gasteiger partial charge in [-0.25, -0.2) is 0 Å². The molecule has 2 nitrogen and oxygen atoms in total. The Labute approximate surface area is 140 Å². The third-order valence-corrected chi connectivity index (χ3v) is 4.90. The normalized spacial score (nSPS) is 14.1. The second kappa shape index (κ2) is 7.05. The highest BCUT2D eigenvalue weighted by Crippen LogP contribution is 2.37. The predicted octanol–water partition coefficient (Wildman–Crippen LogP) is 4.64. The number of nitrogens with two attached hydrogens (primary N) is 1. The average molecular weight is 420 g/mol. The van der Waals surface area contributed by atoms with E-state index in [-0.39, 0.29) is 5.92 Å². The van der Waals surface area contributed by atoms with Crippen molar-refractivity contribution in [1.29, 1.82) is 0 Å². The average Bonchev–Trinajstić information content (AvgIpc) is 2.44. The molecule has 0 aliphatic heterocycles. The first-order valence-electron chi connectivity index (χ1n) is 6.12. The van der Waals surface area contributed by atoms with Gasteiger partial charge in [0.2, 0.25) is 0 Å². The van der Waals surface area contributed by atoms with Crippen molar-refractivity contribution in [3.63, 3.8) is 0 Å². The fourth-order valence-electron chi connectivity index (χ4n) is 2.16. The molecule has 0 radical (unpaired) electrons. The van der Waals surface area contributed by atoms with Crippen LogP contribution in [0.1, 0.15) is 23.1 Å². The van der Waals surface area contributed by atoms with Crippen molar-refractivity contribution >= 4 is 43.5 Å². The minimum absolute atomic E-state index is 0.208. The van der Waals surface area contributed by atoms with E-state index in [0.717, 1.165) is 20.1 Å². The van der Waals surface area contributed by atoms with E-state index in [1.54, 1.807) is 12.1 Å². The third kappa shape index (κ3) is 3.43. The molecular weight excluding hydrogens is 405 g/mol. The molecule has 0 saturated heterocycles. The third-order valence-electron chi connectivity index (χ3n) is 3.22. The lowest BCUT2D eigenvalue weighted by Gasteiger charge is -2.24. The molecular formula is C15H14Br2ClNO. The molecule has 2 aromatic rings. The van der Waals surface area contributed by atoms with Crippen molar-refractivity contribution in [2.75, 3.05) is 6.54 Å². The number of halogens is 3. The summed E-state index contributed by atoms with van der Waals surface area (Å²) in [6, 6.07) is 13.1. The topological polar surface area (TPSA) is 46.2 Å². The molecule has 0 saturated carbocycles. The van der Waals surface area contributed by atoms with Crippen LogP contribution in [-0.4, -0.2) is 11.7 Å². The molecule has 0 aliphatic carbocycles. The summed E-state index contributed by atoms with van der Waals surface area (Å²) in [7, 11) is 0. The van der Waals surface area contributed by atoms with Crippen molar-refractivity contribution in [3.05, 3.63) is 67.6 Å². The van der Waals surface area contributed by atoms with Crippen LogP contribution in [0.5, 0.6) is 0 Å². The highest BCUT2D eigenvalue weighted by atomic mass is 79.9. The molecule has 0 heterocycles. The first-order valence-corrected chi connectivity index (χ1v) is 8.08. The van der Waals surface area contributed by atoms with E-state index in [1.807, 2.05) is 30.3 Å². The maximum atomic E-state index is 10.7. The summed E-state index contributed by atoms with van der Waals surface area (Å²) in [5.74, 6) is -0.208. The van der Waals surface area contributed by atoms with Crippen LogP contribution >= 0.6 is 43.5 Å². The van der Waals surface area contributed by atoms with Gasteiger partial charge in [-0.05, 0) is 35.4 Å². The number of benzene rings is 2. The number of aliphatic hydroxyl groups is 1. The molecule has 5 heteroatoms. The van der Waals surface area contributed by atoms with Crippen LogP contribution in [0.2, 0.25) is 5.02 Å². The summed E-state index contributed by atoms with van der Waals surface area (Å²) in [6.07, 6.45) is -0.730. The van der Waals surface area contributed by atoms with Crippen LogP contribution in [-0.2, 0) is 0 Å². The van der Waals surface area contributed by atoms with Gasteiger partial charge in [-0.15, -0.1) is 0 Å². The summed E-state index contributed by atoms with van der Waals surface area (Å²) in [5.41, 5.74) is 7.59. The van der Waals surface area contributed by atoms with Crippen molar-refractivity contribution < 1.29 is 5.11 Å². The van der Waals surface area contributed by atoms with Gasteiger partial charge in [-0.3, -0.25) is 0 Å². The van der Waals surface area contributed by atoms with E-state index in [9.17, 15) is 5.11 Å². The van der Waals surface area contributed by atoms with Gasteiger partial charge in [0.1, 0.15) is 0 Å². The summed E-state index contributed by atoms with van der Waals surface area (Å²) in [4.78, 5) is 0. The lowest BCUT2D eigenvalue weighted by atomic mass is 9.89.